The predicted octanol–water partition coefficient (Wildman–Crippen LogP) is 1.47. The highest BCUT2D eigenvalue weighted by atomic mass is 32.2. The summed E-state index contributed by atoms with van der Waals surface area (Å²) in [7, 11) is 1.37. The van der Waals surface area contributed by atoms with Crippen molar-refractivity contribution in [1.29, 1.82) is 0 Å². The molecule has 0 aliphatic rings. The van der Waals surface area contributed by atoms with Gasteiger partial charge in [-0.05, 0) is 18.4 Å². The van der Waals surface area contributed by atoms with Crippen molar-refractivity contribution < 1.29 is 9.53 Å². The first-order chi connectivity index (χ1) is 4.72. The van der Waals surface area contributed by atoms with Crippen LogP contribution in [0.1, 0.15) is 6.42 Å². The van der Waals surface area contributed by atoms with Crippen LogP contribution in [0.4, 0.5) is 0 Å². The number of carbonyl (C=O) groups excluding carboxylic acids is 1. The zero-order valence-electron chi connectivity index (χ0n) is 6.35. The van der Waals surface area contributed by atoms with Crippen LogP contribution in [0.15, 0.2) is 12.2 Å². The summed E-state index contributed by atoms with van der Waals surface area (Å²) in [5, 5.41) is 0. The van der Waals surface area contributed by atoms with Gasteiger partial charge in [0.25, 0.3) is 0 Å². The molecule has 0 saturated heterocycles. The van der Waals surface area contributed by atoms with Crippen molar-refractivity contribution >= 4 is 17.7 Å². The van der Waals surface area contributed by atoms with Gasteiger partial charge in [-0.25, -0.2) is 4.79 Å². The minimum Gasteiger partial charge on any atom is -0.466 e. The Hall–Kier alpha value is -0.440. The van der Waals surface area contributed by atoms with Crippen molar-refractivity contribution in [2.45, 2.75) is 6.42 Å². The lowest BCUT2D eigenvalue weighted by Crippen LogP contribution is -2.03. The van der Waals surface area contributed by atoms with Gasteiger partial charge < -0.3 is 4.74 Å². The molecule has 0 aromatic carbocycles. The highest BCUT2D eigenvalue weighted by Gasteiger charge is 2.04. The molecule has 0 spiro atoms. The smallest absolute Gasteiger partial charge is 0.333 e. The number of hydrogen-bond acceptors (Lipinski definition) is 3. The maximum atomic E-state index is 10.7. The van der Waals surface area contributed by atoms with Crippen molar-refractivity contribution in [2.75, 3.05) is 19.1 Å². The molecule has 0 rings (SSSR count). The summed E-state index contributed by atoms with van der Waals surface area (Å²) in [5.41, 5.74) is 0.553. The Bertz CT molecular complexity index is 132. The number of hydrogen-bond donors (Lipinski definition) is 0. The Morgan fingerprint density at radius 3 is 2.70 bits per heavy atom. The van der Waals surface area contributed by atoms with E-state index in [0.717, 1.165) is 5.75 Å². The average molecular weight is 160 g/mol. The normalized spacial score (nSPS) is 9.00. The van der Waals surface area contributed by atoms with Crippen molar-refractivity contribution in [3.05, 3.63) is 12.2 Å². The van der Waals surface area contributed by atoms with E-state index in [1.807, 2.05) is 6.26 Å². The molecule has 0 radical (unpaired) electrons. The highest BCUT2D eigenvalue weighted by molar-refractivity contribution is 7.98. The second-order valence-electron chi connectivity index (χ2n) is 1.84. The second kappa shape index (κ2) is 5.35. The third kappa shape index (κ3) is 3.56. The maximum absolute atomic E-state index is 10.7. The monoisotopic (exact) mass is 160 g/mol. The van der Waals surface area contributed by atoms with Gasteiger partial charge in [0.1, 0.15) is 0 Å². The summed E-state index contributed by atoms with van der Waals surface area (Å²) >= 11 is 1.69. The van der Waals surface area contributed by atoms with Gasteiger partial charge in [-0.1, -0.05) is 6.58 Å². The van der Waals surface area contributed by atoms with E-state index in [2.05, 4.69) is 11.3 Å². The molecule has 0 fully saturated rings. The molecule has 0 aromatic heterocycles. The number of methoxy groups -OCH3 is 1. The average Bonchev–Trinajstić information content (AvgIpc) is 1.98. The van der Waals surface area contributed by atoms with Gasteiger partial charge in [0.2, 0.25) is 0 Å². The molecule has 2 nitrogen and oxygen atoms in total. The van der Waals surface area contributed by atoms with Crippen molar-refractivity contribution in [2.24, 2.45) is 0 Å². The Kier molecular flexibility index (Phi) is 5.12. The molecule has 3 heteroatoms. The molecule has 0 heterocycles. The van der Waals surface area contributed by atoms with E-state index in [9.17, 15) is 4.79 Å². The Balaban J connectivity index is 3.52. The van der Waals surface area contributed by atoms with E-state index >= 15 is 0 Å². The molecular weight excluding hydrogens is 148 g/mol. The van der Waals surface area contributed by atoms with E-state index in [4.69, 9.17) is 0 Å². The Morgan fingerprint density at radius 1 is 1.70 bits per heavy atom. The summed E-state index contributed by atoms with van der Waals surface area (Å²) in [5.74, 6) is 0.627. The molecule has 10 heavy (non-hydrogen) atoms. The molecule has 0 aromatic rings. The van der Waals surface area contributed by atoms with Gasteiger partial charge in [0, 0.05) is 5.57 Å². The molecule has 0 N–H and O–H groups in total. The van der Waals surface area contributed by atoms with Gasteiger partial charge in [-0.2, -0.15) is 11.8 Å². The van der Waals surface area contributed by atoms with Crippen molar-refractivity contribution in [1.82, 2.24) is 0 Å². The van der Waals surface area contributed by atoms with Crippen LogP contribution < -0.4 is 0 Å². The standard InChI is InChI=1S/C7H12O2S/c1-6(4-5-10-3)7(8)9-2/h1,4-5H2,2-3H3. The lowest BCUT2D eigenvalue weighted by molar-refractivity contribution is -0.136. The van der Waals surface area contributed by atoms with E-state index in [1.54, 1.807) is 11.8 Å². The number of carbonyl (C=O) groups is 1. The SMILES string of the molecule is C=C(CCSC)C(=O)OC. The fourth-order valence-corrected chi connectivity index (χ4v) is 0.922. The fourth-order valence-electron chi connectivity index (χ4n) is 0.472. The second-order valence-corrected chi connectivity index (χ2v) is 2.82. The van der Waals surface area contributed by atoms with Gasteiger partial charge in [-0.3, -0.25) is 0 Å². The van der Waals surface area contributed by atoms with Gasteiger partial charge in [0.05, 0.1) is 7.11 Å². The summed E-state index contributed by atoms with van der Waals surface area (Å²) in [6, 6.07) is 0. The number of ether oxygens (including phenoxy) is 1. The number of rotatable bonds is 4. The third-order valence-electron chi connectivity index (χ3n) is 1.08. The molecule has 0 atom stereocenters. The zero-order chi connectivity index (χ0) is 7.98. The van der Waals surface area contributed by atoms with Crippen LogP contribution in [-0.4, -0.2) is 25.1 Å². The summed E-state index contributed by atoms with van der Waals surface area (Å²) in [6.07, 6.45) is 2.71. The lowest BCUT2D eigenvalue weighted by atomic mass is 10.2. The molecule has 0 amide bonds. The molecule has 0 aliphatic carbocycles. The van der Waals surface area contributed by atoms with Gasteiger partial charge >= 0.3 is 5.97 Å². The zero-order valence-corrected chi connectivity index (χ0v) is 7.16. The van der Waals surface area contributed by atoms with E-state index in [-0.39, 0.29) is 5.97 Å². The minimum absolute atomic E-state index is 0.297. The van der Waals surface area contributed by atoms with Crippen molar-refractivity contribution in [3.63, 3.8) is 0 Å². The first-order valence-electron chi connectivity index (χ1n) is 2.97. The Labute approximate surface area is 65.6 Å². The minimum atomic E-state index is -0.297. The third-order valence-corrected chi connectivity index (χ3v) is 1.69. The predicted molar refractivity (Wildman–Crippen MR) is 44.2 cm³/mol. The van der Waals surface area contributed by atoms with Crippen LogP contribution in [0.5, 0.6) is 0 Å². The molecule has 0 unspecified atom stereocenters. The molecular formula is C7H12O2S. The van der Waals surface area contributed by atoms with E-state index in [0.29, 0.717) is 12.0 Å². The molecule has 0 saturated carbocycles. The lowest BCUT2D eigenvalue weighted by Gasteiger charge is -2.00. The number of thioether (sulfide) groups is 1. The van der Waals surface area contributed by atoms with E-state index < -0.39 is 0 Å². The Morgan fingerprint density at radius 2 is 2.30 bits per heavy atom. The molecule has 0 bridgehead atoms. The quantitative estimate of drug-likeness (QED) is 0.460. The first kappa shape index (κ1) is 9.56. The summed E-state index contributed by atoms with van der Waals surface area (Å²) in [4.78, 5) is 10.7. The van der Waals surface area contributed by atoms with Crippen LogP contribution in [-0.2, 0) is 9.53 Å². The first-order valence-corrected chi connectivity index (χ1v) is 4.36. The van der Waals surface area contributed by atoms with E-state index in [1.165, 1.54) is 7.11 Å². The fraction of sp³-hybridized carbons (Fsp3) is 0.571. The molecule has 58 valence electrons. The van der Waals surface area contributed by atoms with Gasteiger partial charge in [-0.15, -0.1) is 0 Å². The van der Waals surface area contributed by atoms with Crippen LogP contribution in [0, 0.1) is 0 Å². The number of esters is 1. The van der Waals surface area contributed by atoms with Crippen LogP contribution >= 0.6 is 11.8 Å². The molecule has 0 aliphatic heterocycles. The van der Waals surface area contributed by atoms with Crippen LogP contribution in [0.3, 0.4) is 0 Å². The van der Waals surface area contributed by atoms with Crippen molar-refractivity contribution in [3.8, 4) is 0 Å². The topological polar surface area (TPSA) is 26.3 Å². The maximum Gasteiger partial charge on any atom is 0.333 e. The van der Waals surface area contributed by atoms with Crippen LogP contribution in [0.25, 0.3) is 0 Å². The van der Waals surface area contributed by atoms with Crippen LogP contribution in [0.2, 0.25) is 0 Å². The largest absolute Gasteiger partial charge is 0.466 e. The summed E-state index contributed by atoms with van der Waals surface area (Å²) < 4.78 is 4.46. The highest BCUT2D eigenvalue weighted by Crippen LogP contribution is 2.05. The summed E-state index contributed by atoms with van der Waals surface area (Å²) in [6.45, 7) is 3.58. The van der Waals surface area contributed by atoms with Gasteiger partial charge in [0.15, 0.2) is 0 Å².